The van der Waals surface area contributed by atoms with E-state index in [1.165, 1.54) is 0 Å². The molecule has 0 rings (SSSR count). The van der Waals surface area contributed by atoms with Gasteiger partial charge in [0.25, 0.3) is 0 Å². The van der Waals surface area contributed by atoms with E-state index in [9.17, 15) is 9.59 Å². The highest BCUT2D eigenvalue weighted by atomic mass is 16.6. The van der Waals surface area contributed by atoms with Crippen LogP contribution in [0, 0.1) is 0 Å². The quantitative estimate of drug-likeness (QED) is 0.556. The predicted molar refractivity (Wildman–Crippen MR) is 86.5 cm³/mol. The number of nitrogens with two attached hydrogens (primary N) is 1. The van der Waals surface area contributed by atoms with Gasteiger partial charge in [0.15, 0.2) is 0 Å². The fourth-order valence-corrected chi connectivity index (χ4v) is 1.74. The minimum absolute atomic E-state index is 0.212. The van der Waals surface area contributed by atoms with E-state index in [0.29, 0.717) is 6.54 Å². The lowest BCUT2D eigenvalue weighted by atomic mass is 10.1. The summed E-state index contributed by atoms with van der Waals surface area (Å²) in [6, 6.07) is -0.212. The van der Waals surface area contributed by atoms with Gasteiger partial charge in [-0.05, 0) is 54.4 Å². The summed E-state index contributed by atoms with van der Waals surface area (Å²) < 4.78 is 10.3. The molecule has 3 N–H and O–H groups in total. The number of amides is 1. The highest BCUT2D eigenvalue weighted by Gasteiger charge is 2.18. The number of esters is 1. The third-order valence-electron chi connectivity index (χ3n) is 2.52. The van der Waals surface area contributed by atoms with E-state index >= 15 is 0 Å². The van der Waals surface area contributed by atoms with Crippen LogP contribution in [0.2, 0.25) is 0 Å². The highest BCUT2D eigenvalue weighted by molar-refractivity contribution is 5.70. The third-order valence-corrected chi connectivity index (χ3v) is 2.52. The lowest BCUT2D eigenvalue weighted by molar-refractivity contribution is -0.155. The molecule has 0 radical (unpaired) electrons. The maximum absolute atomic E-state index is 11.6. The first kappa shape index (κ1) is 20.7. The Morgan fingerprint density at radius 1 is 1.00 bits per heavy atom. The van der Waals surface area contributed by atoms with Gasteiger partial charge in [0.05, 0.1) is 6.42 Å². The second-order valence-electron chi connectivity index (χ2n) is 7.48. The molecule has 0 aromatic heterocycles. The van der Waals surface area contributed by atoms with Crippen molar-refractivity contribution in [2.45, 2.75) is 84.5 Å². The normalized spacial score (nSPS) is 13.4. The van der Waals surface area contributed by atoms with Gasteiger partial charge in [0, 0.05) is 12.6 Å². The fourth-order valence-electron chi connectivity index (χ4n) is 1.74. The number of nitrogens with one attached hydrogen (secondary N) is 1. The summed E-state index contributed by atoms with van der Waals surface area (Å²) in [5.41, 5.74) is 4.94. The van der Waals surface area contributed by atoms with E-state index < -0.39 is 17.3 Å². The SMILES string of the molecule is CC(C)(C)OC(=O)CC(N)CCCCNC(=O)OC(C)(C)C. The molecule has 0 saturated carbocycles. The maximum Gasteiger partial charge on any atom is 0.407 e. The molecule has 0 heterocycles. The summed E-state index contributed by atoms with van der Waals surface area (Å²) in [5, 5.41) is 2.69. The standard InChI is InChI=1S/C16H32N2O4/c1-15(2,3)21-13(19)11-12(17)9-7-8-10-18-14(20)22-16(4,5)6/h12H,7-11,17H2,1-6H3,(H,18,20). The van der Waals surface area contributed by atoms with Crippen molar-refractivity contribution in [2.75, 3.05) is 6.54 Å². The summed E-state index contributed by atoms with van der Waals surface area (Å²) >= 11 is 0. The van der Waals surface area contributed by atoms with Crippen molar-refractivity contribution in [3.63, 3.8) is 0 Å². The summed E-state index contributed by atoms with van der Waals surface area (Å²) in [6.07, 6.45) is 2.15. The number of carbonyl (C=O) groups is 2. The number of carbonyl (C=O) groups excluding carboxylic acids is 2. The minimum Gasteiger partial charge on any atom is -0.460 e. The molecular formula is C16H32N2O4. The molecule has 0 aromatic rings. The zero-order chi connectivity index (χ0) is 17.4. The van der Waals surface area contributed by atoms with Gasteiger partial charge < -0.3 is 20.5 Å². The molecule has 0 saturated heterocycles. The number of rotatable bonds is 7. The smallest absolute Gasteiger partial charge is 0.407 e. The molecule has 1 amide bonds. The molecule has 0 aromatic carbocycles. The van der Waals surface area contributed by atoms with Gasteiger partial charge >= 0.3 is 12.1 Å². The molecule has 0 aliphatic heterocycles. The van der Waals surface area contributed by atoms with Crippen molar-refractivity contribution in [3.05, 3.63) is 0 Å². The van der Waals surface area contributed by atoms with E-state index in [-0.39, 0.29) is 18.4 Å². The molecule has 0 bridgehead atoms. The van der Waals surface area contributed by atoms with Crippen LogP contribution in [0.1, 0.15) is 67.2 Å². The fraction of sp³-hybridized carbons (Fsp3) is 0.875. The molecule has 1 atom stereocenters. The molecule has 1 unspecified atom stereocenters. The summed E-state index contributed by atoms with van der Waals surface area (Å²) in [7, 11) is 0. The van der Waals surface area contributed by atoms with Gasteiger partial charge in [-0.15, -0.1) is 0 Å². The lowest BCUT2D eigenvalue weighted by Gasteiger charge is -2.21. The van der Waals surface area contributed by atoms with Gasteiger partial charge in [0.2, 0.25) is 0 Å². The van der Waals surface area contributed by atoms with Crippen LogP contribution in [-0.4, -0.2) is 35.9 Å². The van der Waals surface area contributed by atoms with Crippen molar-refractivity contribution in [3.8, 4) is 0 Å². The largest absolute Gasteiger partial charge is 0.460 e. The Kier molecular flexibility index (Phi) is 8.45. The van der Waals surface area contributed by atoms with Crippen LogP contribution in [-0.2, 0) is 14.3 Å². The number of hydrogen-bond donors (Lipinski definition) is 2. The van der Waals surface area contributed by atoms with Crippen LogP contribution in [0.3, 0.4) is 0 Å². The third kappa shape index (κ3) is 13.7. The Hall–Kier alpha value is -1.30. The van der Waals surface area contributed by atoms with Crippen LogP contribution in [0.25, 0.3) is 0 Å². The summed E-state index contributed by atoms with van der Waals surface area (Å²) in [6.45, 7) is 11.5. The number of alkyl carbamates (subject to hydrolysis) is 1. The Morgan fingerprint density at radius 3 is 2.05 bits per heavy atom. The van der Waals surface area contributed by atoms with E-state index in [4.69, 9.17) is 15.2 Å². The molecule has 22 heavy (non-hydrogen) atoms. The highest BCUT2D eigenvalue weighted by Crippen LogP contribution is 2.11. The molecule has 130 valence electrons. The zero-order valence-electron chi connectivity index (χ0n) is 14.8. The van der Waals surface area contributed by atoms with E-state index in [2.05, 4.69) is 5.32 Å². The lowest BCUT2D eigenvalue weighted by Crippen LogP contribution is -2.33. The van der Waals surface area contributed by atoms with Crippen molar-refractivity contribution >= 4 is 12.1 Å². The second kappa shape index (κ2) is 8.98. The Labute approximate surface area is 134 Å². The summed E-state index contributed by atoms with van der Waals surface area (Å²) in [4.78, 5) is 23.0. The predicted octanol–water partition coefficient (Wildman–Crippen LogP) is 2.74. The Bertz CT molecular complexity index is 356. The second-order valence-corrected chi connectivity index (χ2v) is 7.48. The first-order chi connectivity index (χ1) is 9.89. The molecule has 6 nitrogen and oxygen atoms in total. The van der Waals surface area contributed by atoms with Gasteiger partial charge in [-0.1, -0.05) is 6.42 Å². The van der Waals surface area contributed by atoms with E-state index in [1.807, 2.05) is 41.5 Å². The first-order valence-corrected chi connectivity index (χ1v) is 7.83. The molecule has 0 aliphatic carbocycles. The van der Waals surface area contributed by atoms with Crippen molar-refractivity contribution in [1.82, 2.24) is 5.32 Å². The topological polar surface area (TPSA) is 90.6 Å². The number of unbranched alkanes of at least 4 members (excludes halogenated alkanes) is 1. The Morgan fingerprint density at radius 2 is 1.55 bits per heavy atom. The summed E-state index contributed by atoms with van der Waals surface area (Å²) in [5.74, 6) is -0.271. The molecular weight excluding hydrogens is 284 g/mol. The van der Waals surface area contributed by atoms with Gasteiger partial charge in [-0.25, -0.2) is 4.79 Å². The van der Waals surface area contributed by atoms with Crippen LogP contribution < -0.4 is 11.1 Å². The van der Waals surface area contributed by atoms with Crippen molar-refractivity contribution in [2.24, 2.45) is 5.73 Å². The van der Waals surface area contributed by atoms with Crippen molar-refractivity contribution in [1.29, 1.82) is 0 Å². The van der Waals surface area contributed by atoms with Crippen LogP contribution >= 0.6 is 0 Å². The minimum atomic E-state index is -0.486. The van der Waals surface area contributed by atoms with Gasteiger partial charge in [0.1, 0.15) is 11.2 Å². The molecule has 0 spiro atoms. The monoisotopic (exact) mass is 316 g/mol. The van der Waals surface area contributed by atoms with Crippen LogP contribution in [0.15, 0.2) is 0 Å². The van der Waals surface area contributed by atoms with Crippen LogP contribution in [0.5, 0.6) is 0 Å². The number of hydrogen-bond acceptors (Lipinski definition) is 5. The maximum atomic E-state index is 11.6. The molecule has 0 fully saturated rings. The van der Waals surface area contributed by atoms with Crippen LogP contribution in [0.4, 0.5) is 4.79 Å². The average Bonchev–Trinajstić information content (AvgIpc) is 2.22. The van der Waals surface area contributed by atoms with Gasteiger partial charge in [-0.3, -0.25) is 4.79 Å². The average molecular weight is 316 g/mol. The molecule has 0 aliphatic rings. The zero-order valence-corrected chi connectivity index (χ0v) is 14.8. The molecule has 6 heteroatoms. The van der Waals surface area contributed by atoms with Crippen molar-refractivity contribution < 1.29 is 19.1 Å². The number of ether oxygens (including phenoxy) is 2. The van der Waals surface area contributed by atoms with Gasteiger partial charge in [-0.2, -0.15) is 0 Å². The Balaban J connectivity index is 3.71. The first-order valence-electron chi connectivity index (χ1n) is 7.83. The van der Waals surface area contributed by atoms with E-state index in [0.717, 1.165) is 19.3 Å². The van der Waals surface area contributed by atoms with E-state index in [1.54, 1.807) is 0 Å².